The third kappa shape index (κ3) is 5.88. The molecular weight excluding hydrogens is 397 g/mol. The topological polar surface area (TPSA) is 71.9 Å². The van der Waals surface area contributed by atoms with Gasteiger partial charge in [0, 0.05) is 37.5 Å². The van der Waals surface area contributed by atoms with Crippen molar-refractivity contribution in [2.75, 3.05) is 26.3 Å². The molecule has 3 aliphatic rings. The van der Waals surface area contributed by atoms with Crippen LogP contribution in [-0.4, -0.2) is 65.1 Å². The Balaban J connectivity index is 0.000000279. The Morgan fingerprint density at radius 2 is 2.21 bits per heavy atom. The second-order valence-corrected chi connectivity index (χ2v) is 8.66. The highest BCUT2D eigenvalue weighted by atomic mass is 32.1. The van der Waals surface area contributed by atoms with Crippen molar-refractivity contribution in [3.8, 4) is 0 Å². The number of carboxylic acid groups (broad SMARTS) is 1. The van der Waals surface area contributed by atoms with Crippen LogP contribution < -0.4 is 0 Å². The number of aryl methyl sites for hydroxylation is 1. The van der Waals surface area contributed by atoms with Gasteiger partial charge in [-0.1, -0.05) is 0 Å². The van der Waals surface area contributed by atoms with Gasteiger partial charge in [0.2, 0.25) is 0 Å². The molecule has 158 valence electrons. The fourth-order valence-corrected chi connectivity index (χ4v) is 4.31. The van der Waals surface area contributed by atoms with Crippen molar-refractivity contribution in [2.24, 2.45) is 5.92 Å². The summed E-state index contributed by atoms with van der Waals surface area (Å²) < 4.78 is 43.9. The zero-order valence-corrected chi connectivity index (χ0v) is 16.5. The lowest BCUT2D eigenvalue weighted by molar-refractivity contribution is -0.192. The molecule has 0 bridgehead atoms. The molecule has 6 nitrogen and oxygen atoms in total. The predicted molar refractivity (Wildman–Crippen MR) is 96.2 cm³/mol. The number of hydrogen-bond acceptors (Lipinski definition) is 6. The summed E-state index contributed by atoms with van der Waals surface area (Å²) in [6, 6.07) is 0. The van der Waals surface area contributed by atoms with Gasteiger partial charge in [-0.05, 0) is 32.1 Å². The van der Waals surface area contributed by atoms with Crippen LogP contribution in [0.15, 0.2) is 5.51 Å². The molecule has 0 aromatic carbocycles. The van der Waals surface area contributed by atoms with Crippen molar-refractivity contribution in [3.05, 3.63) is 16.1 Å². The molecule has 2 atom stereocenters. The molecule has 0 amide bonds. The van der Waals surface area contributed by atoms with Gasteiger partial charge in [-0.2, -0.15) is 13.2 Å². The SMILES string of the molecule is Cc1ncsc1CN1CC[C@]2(C[C@H](OCC3CC3)CO2)C1.O=C(O)C(F)(F)F. The maximum absolute atomic E-state index is 10.6. The first kappa shape index (κ1) is 21.5. The monoisotopic (exact) mass is 422 g/mol. The fourth-order valence-electron chi connectivity index (χ4n) is 3.49. The molecule has 1 aromatic heterocycles. The van der Waals surface area contributed by atoms with E-state index in [-0.39, 0.29) is 5.60 Å². The number of ether oxygens (including phenoxy) is 2. The maximum atomic E-state index is 10.6. The Morgan fingerprint density at radius 1 is 1.50 bits per heavy atom. The molecule has 10 heteroatoms. The lowest BCUT2D eigenvalue weighted by Crippen LogP contribution is -2.33. The van der Waals surface area contributed by atoms with E-state index in [1.165, 1.54) is 23.4 Å². The van der Waals surface area contributed by atoms with E-state index in [1.54, 1.807) is 11.3 Å². The summed E-state index contributed by atoms with van der Waals surface area (Å²) in [5.41, 5.74) is 3.19. The average molecular weight is 422 g/mol. The molecule has 0 unspecified atom stereocenters. The van der Waals surface area contributed by atoms with Gasteiger partial charge < -0.3 is 14.6 Å². The van der Waals surface area contributed by atoms with Crippen LogP contribution in [0.1, 0.15) is 36.3 Å². The summed E-state index contributed by atoms with van der Waals surface area (Å²) in [6.45, 7) is 7.05. The number of aromatic nitrogens is 1. The van der Waals surface area contributed by atoms with Crippen LogP contribution in [0.2, 0.25) is 0 Å². The van der Waals surface area contributed by atoms with Crippen molar-refractivity contribution in [3.63, 3.8) is 0 Å². The number of carbonyl (C=O) groups is 1. The lowest BCUT2D eigenvalue weighted by atomic mass is 9.98. The number of alkyl halides is 3. The molecule has 0 radical (unpaired) electrons. The van der Waals surface area contributed by atoms with Crippen LogP contribution in [0.5, 0.6) is 0 Å². The van der Waals surface area contributed by atoms with Crippen LogP contribution in [-0.2, 0) is 20.8 Å². The summed E-state index contributed by atoms with van der Waals surface area (Å²) in [5.74, 6) is -1.91. The minimum Gasteiger partial charge on any atom is -0.475 e. The molecule has 1 aliphatic carbocycles. The van der Waals surface area contributed by atoms with Gasteiger partial charge in [-0.15, -0.1) is 11.3 Å². The first-order valence-corrected chi connectivity index (χ1v) is 10.2. The molecule has 1 saturated carbocycles. The quantitative estimate of drug-likeness (QED) is 0.786. The van der Waals surface area contributed by atoms with Gasteiger partial charge in [0.25, 0.3) is 0 Å². The van der Waals surface area contributed by atoms with Crippen molar-refractivity contribution in [1.29, 1.82) is 0 Å². The summed E-state index contributed by atoms with van der Waals surface area (Å²) in [7, 11) is 0. The number of rotatable bonds is 5. The van der Waals surface area contributed by atoms with Crippen LogP contribution >= 0.6 is 11.3 Å². The number of likely N-dealkylation sites (tertiary alicyclic amines) is 1. The van der Waals surface area contributed by atoms with Gasteiger partial charge in [-0.25, -0.2) is 9.78 Å². The molecule has 28 heavy (non-hydrogen) atoms. The summed E-state index contributed by atoms with van der Waals surface area (Å²) >= 11 is 1.77. The zero-order chi connectivity index (χ0) is 20.4. The highest BCUT2D eigenvalue weighted by molar-refractivity contribution is 7.09. The lowest BCUT2D eigenvalue weighted by Gasteiger charge is -2.23. The van der Waals surface area contributed by atoms with Crippen molar-refractivity contribution >= 4 is 17.3 Å². The molecule has 1 aromatic rings. The molecular formula is C18H25F3N2O4S. The number of halogens is 3. The van der Waals surface area contributed by atoms with E-state index in [4.69, 9.17) is 19.4 Å². The molecule has 1 N–H and O–H groups in total. The number of nitrogens with zero attached hydrogens (tertiary/aromatic N) is 2. The third-order valence-electron chi connectivity index (χ3n) is 5.29. The second kappa shape index (κ2) is 8.64. The standard InChI is InChI=1S/C16H24N2O2S.C2HF3O2/c1-12-15(21-11-17-12)7-18-5-4-16(10-18)6-14(9-20-16)19-8-13-2-3-13;3-2(4,5)1(6)7/h11,13-14H,2-10H2,1H3;(H,6,7)/t14-,16-;/m0./s1. The Bertz CT molecular complexity index is 680. The largest absolute Gasteiger partial charge is 0.490 e. The summed E-state index contributed by atoms with van der Waals surface area (Å²) in [5, 5.41) is 7.12. The van der Waals surface area contributed by atoms with E-state index in [0.717, 1.165) is 51.6 Å². The van der Waals surface area contributed by atoms with E-state index < -0.39 is 12.1 Å². The molecule has 3 fully saturated rings. The van der Waals surface area contributed by atoms with Crippen molar-refractivity contribution in [2.45, 2.75) is 57.0 Å². The first-order chi connectivity index (χ1) is 13.2. The summed E-state index contributed by atoms with van der Waals surface area (Å²) in [6.07, 6.45) is 0.198. The minimum absolute atomic E-state index is 0.0623. The molecule has 3 heterocycles. The van der Waals surface area contributed by atoms with Gasteiger partial charge in [0.1, 0.15) is 0 Å². The van der Waals surface area contributed by atoms with Crippen molar-refractivity contribution in [1.82, 2.24) is 9.88 Å². The predicted octanol–water partition coefficient (Wildman–Crippen LogP) is 3.24. The molecule has 4 rings (SSSR count). The normalized spacial score (nSPS) is 27.8. The van der Waals surface area contributed by atoms with Gasteiger partial charge in [0.15, 0.2) is 0 Å². The highest BCUT2D eigenvalue weighted by Crippen LogP contribution is 2.38. The number of carboxylic acids is 1. The first-order valence-electron chi connectivity index (χ1n) is 9.34. The number of hydrogen-bond donors (Lipinski definition) is 1. The smallest absolute Gasteiger partial charge is 0.475 e. The van der Waals surface area contributed by atoms with Crippen LogP contribution in [0.3, 0.4) is 0 Å². The molecule has 1 spiro atoms. The summed E-state index contributed by atoms with van der Waals surface area (Å²) in [4.78, 5) is 17.2. The Labute approximate surface area is 165 Å². The van der Waals surface area contributed by atoms with Crippen LogP contribution in [0.4, 0.5) is 13.2 Å². The number of thiazole rings is 1. The Hall–Kier alpha value is -1.23. The fraction of sp³-hybridized carbons (Fsp3) is 0.778. The van der Waals surface area contributed by atoms with Crippen LogP contribution in [0.25, 0.3) is 0 Å². The van der Waals surface area contributed by atoms with Crippen molar-refractivity contribution < 1.29 is 32.5 Å². The zero-order valence-electron chi connectivity index (χ0n) is 15.7. The van der Waals surface area contributed by atoms with Gasteiger partial charge in [-0.3, -0.25) is 4.90 Å². The maximum Gasteiger partial charge on any atom is 0.490 e. The average Bonchev–Trinajstić information content (AvgIpc) is 3.05. The Kier molecular flexibility index (Phi) is 6.63. The molecule has 2 aliphatic heterocycles. The minimum atomic E-state index is -5.08. The Morgan fingerprint density at radius 3 is 2.79 bits per heavy atom. The van der Waals surface area contributed by atoms with E-state index >= 15 is 0 Å². The van der Waals surface area contributed by atoms with E-state index in [9.17, 15) is 13.2 Å². The van der Waals surface area contributed by atoms with Gasteiger partial charge in [0.05, 0.1) is 29.5 Å². The van der Waals surface area contributed by atoms with Gasteiger partial charge >= 0.3 is 12.1 Å². The van der Waals surface area contributed by atoms with E-state index in [2.05, 4.69) is 16.8 Å². The van der Waals surface area contributed by atoms with E-state index in [0.29, 0.717) is 6.10 Å². The molecule has 2 saturated heterocycles. The second-order valence-electron chi connectivity index (χ2n) is 7.72. The number of aliphatic carboxylic acids is 1. The van der Waals surface area contributed by atoms with E-state index in [1.807, 2.05) is 5.51 Å². The van der Waals surface area contributed by atoms with Crippen LogP contribution in [0, 0.1) is 12.8 Å². The highest BCUT2D eigenvalue weighted by Gasteiger charge is 2.46. The third-order valence-corrected chi connectivity index (χ3v) is 6.21.